The number of aromatic nitrogens is 4. The number of nitrogens with one attached hydrogen (secondary N) is 2. The Balaban J connectivity index is 1.35. The maximum absolute atomic E-state index is 15.4. The van der Waals surface area contributed by atoms with E-state index in [0.717, 1.165) is 18.4 Å². The summed E-state index contributed by atoms with van der Waals surface area (Å²) in [7, 11) is 1.21. The lowest BCUT2D eigenvalue weighted by Crippen LogP contribution is -2.40. The summed E-state index contributed by atoms with van der Waals surface area (Å²) in [6.45, 7) is 2.11. The van der Waals surface area contributed by atoms with Gasteiger partial charge in [0.15, 0.2) is 0 Å². The lowest BCUT2D eigenvalue weighted by atomic mass is 9.99. The van der Waals surface area contributed by atoms with E-state index in [1.807, 2.05) is 9.58 Å². The fraction of sp³-hybridized carbons (Fsp3) is 0.357. The maximum Gasteiger partial charge on any atom is 0.325 e. The number of methoxy groups -OCH3 is 1. The standard InChI is InChI=1S/C28H30FN7O5/c1-17(37)34-8-6-19(7-9-34)36-25-11-21(23(29)10-18(25)12-33-36)20-4-3-5-24-22(20)13-32-35(24)16-27(39)30-14-26(38)31-15-28(40)41-2/h3-5,10-13,19H,6-9,14-16H2,1-2H3,(H,30,39)(H,31,38). The third-order valence-corrected chi connectivity index (χ3v) is 7.31. The Kier molecular flexibility index (Phi) is 7.95. The van der Waals surface area contributed by atoms with Crippen LogP contribution in [0.2, 0.25) is 0 Å². The van der Waals surface area contributed by atoms with Crippen molar-refractivity contribution in [3.63, 3.8) is 0 Å². The van der Waals surface area contributed by atoms with Crippen molar-refractivity contribution in [3.8, 4) is 11.1 Å². The van der Waals surface area contributed by atoms with Crippen molar-refractivity contribution in [2.45, 2.75) is 32.4 Å². The molecule has 2 N–H and O–H groups in total. The number of hydrogen-bond acceptors (Lipinski definition) is 7. The summed E-state index contributed by atoms with van der Waals surface area (Å²) >= 11 is 0. The molecule has 41 heavy (non-hydrogen) atoms. The average Bonchev–Trinajstić information content (AvgIpc) is 3.58. The summed E-state index contributed by atoms with van der Waals surface area (Å²) in [6, 6.07) is 8.72. The molecule has 0 unspecified atom stereocenters. The van der Waals surface area contributed by atoms with Crippen LogP contribution in [0.3, 0.4) is 0 Å². The number of rotatable bonds is 8. The Morgan fingerprint density at radius 1 is 0.976 bits per heavy atom. The second-order valence-electron chi connectivity index (χ2n) is 9.89. The maximum atomic E-state index is 15.4. The first-order valence-electron chi connectivity index (χ1n) is 13.2. The number of amides is 3. The highest BCUT2D eigenvalue weighted by molar-refractivity contribution is 5.98. The van der Waals surface area contributed by atoms with E-state index < -0.39 is 23.6 Å². The molecule has 0 bridgehead atoms. The summed E-state index contributed by atoms with van der Waals surface area (Å²) in [5.41, 5.74) is 2.43. The van der Waals surface area contributed by atoms with Gasteiger partial charge in [0.1, 0.15) is 18.9 Å². The summed E-state index contributed by atoms with van der Waals surface area (Å²) < 4.78 is 23.3. The number of nitrogens with zero attached hydrogens (tertiary/aromatic N) is 5. The minimum absolute atomic E-state index is 0.0605. The topological polar surface area (TPSA) is 140 Å². The fourth-order valence-corrected chi connectivity index (χ4v) is 5.13. The fourth-order valence-electron chi connectivity index (χ4n) is 5.13. The van der Waals surface area contributed by atoms with Gasteiger partial charge in [0.2, 0.25) is 17.7 Å². The molecule has 12 nitrogen and oxygen atoms in total. The highest BCUT2D eigenvalue weighted by Crippen LogP contribution is 2.35. The first-order valence-corrected chi connectivity index (χ1v) is 13.2. The number of piperidine rings is 1. The van der Waals surface area contributed by atoms with Gasteiger partial charge in [0, 0.05) is 36.3 Å². The minimum atomic E-state index is -0.599. The van der Waals surface area contributed by atoms with Crippen LogP contribution >= 0.6 is 0 Å². The van der Waals surface area contributed by atoms with Crippen molar-refractivity contribution in [3.05, 3.63) is 48.5 Å². The van der Waals surface area contributed by atoms with E-state index in [-0.39, 0.29) is 31.6 Å². The van der Waals surface area contributed by atoms with Crippen molar-refractivity contribution in [2.24, 2.45) is 0 Å². The number of ether oxygens (including phenoxy) is 1. The predicted molar refractivity (Wildman–Crippen MR) is 147 cm³/mol. The van der Waals surface area contributed by atoms with Crippen LogP contribution in [0.1, 0.15) is 25.8 Å². The first kappa shape index (κ1) is 27.7. The molecule has 1 saturated heterocycles. The van der Waals surface area contributed by atoms with E-state index in [0.29, 0.717) is 40.5 Å². The Hall–Kier alpha value is -4.81. The molecule has 4 aromatic rings. The zero-order valence-corrected chi connectivity index (χ0v) is 22.7. The summed E-state index contributed by atoms with van der Waals surface area (Å²) in [4.78, 5) is 49.0. The van der Waals surface area contributed by atoms with Crippen LogP contribution in [0.5, 0.6) is 0 Å². The number of esters is 1. The van der Waals surface area contributed by atoms with Gasteiger partial charge in [-0.2, -0.15) is 10.2 Å². The van der Waals surface area contributed by atoms with Crippen LogP contribution < -0.4 is 10.6 Å². The average molecular weight is 564 g/mol. The Bertz CT molecular complexity index is 1640. The smallest absolute Gasteiger partial charge is 0.325 e. The number of carbonyl (C=O) groups excluding carboxylic acids is 4. The van der Waals surface area contributed by atoms with Crippen LogP contribution in [0, 0.1) is 5.82 Å². The third-order valence-electron chi connectivity index (χ3n) is 7.31. The third kappa shape index (κ3) is 5.88. The Morgan fingerprint density at radius 2 is 1.73 bits per heavy atom. The molecule has 1 fully saturated rings. The molecule has 0 saturated carbocycles. The SMILES string of the molecule is COC(=O)CNC(=O)CNC(=O)Cn1ncc2c(-c3cc4c(cnn4C4CCN(C(C)=O)CC4)cc3F)cccc21. The zero-order valence-electron chi connectivity index (χ0n) is 22.7. The molecule has 13 heteroatoms. The van der Waals surface area contributed by atoms with Crippen molar-refractivity contribution < 1.29 is 28.3 Å². The van der Waals surface area contributed by atoms with E-state index in [1.54, 1.807) is 43.6 Å². The molecule has 3 heterocycles. The Labute approximate surface area is 234 Å². The van der Waals surface area contributed by atoms with Gasteiger partial charge in [-0.05, 0) is 36.6 Å². The van der Waals surface area contributed by atoms with E-state index >= 15 is 4.39 Å². The van der Waals surface area contributed by atoms with Crippen LogP contribution in [-0.4, -0.2) is 81.4 Å². The molecule has 214 valence electrons. The number of fused-ring (bicyclic) bond motifs is 2. The zero-order chi connectivity index (χ0) is 29.1. The minimum Gasteiger partial charge on any atom is -0.468 e. The highest BCUT2D eigenvalue weighted by Gasteiger charge is 2.24. The summed E-state index contributed by atoms with van der Waals surface area (Å²) in [5, 5.41) is 15.1. The largest absolute Gasteiger partial charge is 0.468 e. The van der Waals surface area contributed by atoms with Gasteiger partial charge in [-0.1, -0.05) is 12.1 Å². The van der Waals surface area contributed by atoms with Crippen LogP contribution in [0.4, 0.5) is 4.39 Å². The van der Waals surface area contributed by atoms with E-state index in [2.05, 4.69) is 25.6 Å². The van der Waals surface area contributed by atoms with E-state index in [9.17, 15) is 19.2 Å². The lowest BCUT2D eigenvalue weighted by molar-refractivity contribution is -0.141. The van der Waals surface area contributed by atoms with Gasteiger partial charge < -0.3 is 20.3 Å². The van der Waals surface area contributed by atoms with Crippen LogP contribution in [0.15, 0.2) is 42.7 Å². The summed E-state index contributed by atoms with van der Waals surface area (Å²) in [5.74, 6) is -1.94. The van der Waals surface area contributed by atoms with Crippen molar-refractivity contribution in [2.75, 3.05) is 33.3 Å². The number of carbonyl (C=O) groups is 4. The van der Waals surface area contributed by atoms with Crippen molar-refractivity contribution in [1.29, 1.82) is 0 Å². The highest BCUT2D eigenvalue weighted by atomic mass is 19.1. The van der Waals surface area contributed by atoms with E-state index in [4.69, 9.17) is 0 Å². The number of benzene rings is 2. The number of halogens is 1. The molecular formula is C28H30FN7O5. The van der Waals surface area contributed by atoms with Gasteiger partial charge in [0.05, 0.1) is 43.1 Å². The number of hydrogen-bond donors (Lipinski definition) is 2. The molecule has 0 spiro atoms. The molecule has 1 aliphatic heterocycles. The van der Waals surface area contributed by atoms with Gasteiger partial charge in [-0.25, -0.2) is 4.39 Å². The van der Waals surface area contributed by atoms with Crippen molar-refractivity contribution in [1.82, 2.24) is 35.1 Å². The molecular weight excluding hydrogens is 533 g/mol. The quantitative estimate of drug-likeness (QED) is 0.312. The molecule has 3 amide bonds. The molecule has 1 aliphatic rings. The molecule has 2 aromatic carbocycles. The molecule has 5 rings (SSSR count). The first-order chi connectivity index (χ1) is 19.7. The monoisotopic (exact) mass is 563 g/mol. The molecule has 0 atom stereocenters. The predicted octanol–water partition coefficient (Wildman–Crippen LogP) is 1.78. The second-order valence-corrected chi connectivity index (χ2v) is 9.89. The van der Waals surface area contributed by atoms with Crippen LogP contribution in [0.25, 0.3) is 32.9 Å². The van der Waals surface area contributed by atoms with Crippen molar-refractivity contribution >= 4 is 45.5 Å². The molecule has 0 radical (unpaired) electrons. The summed E-state index contributed by atoms with van der Waals surface area (Å²) in [6.07, 6.45) is 4.77. The normalized spacial score (nSPS) is 13.9. The second kappa shape index (κ2) is 11.7. The number of likely N-dealkylation sites (tertiary alicyclic amines) is 1. The van der Waals surface area contributed by atoms with Crippen LogP contribution in [-0.2, 0) is 30.5 Å². The van der Waals surface area contributed by atoms with Gasteiger partial charge in [-0.15, -0.1) is 0 Å². The van der Waals surface area contributed by atoms with Gasteiger partial charge in [-0.3, -0.25) is 28.5 Å². The van der Waals surface area contributed by atoms with Gasteiger partial charge >= 0.3 is 5.97 Å². The Morgan fingerprint density at radius 3 is 2.46 bits per heavy atom. The molecule has 2 aromatic heterocycles. The molecule has 0 aliphatic carbocycles. The van der Waals surface area contributed by atoms with Gasteiger partial charge in [0.25, 0.3) is 0 Å². The van der Waals surface area contributed by atoms with E-state index in [1.165, 1.54) is 17.9 Å². The lowest BCUT2D eigenvalue weighted by Gasteiger charge is -2.31.